The molecule has 0 aliphatic heterocycles. The molecule has 2 aromatic heterocycles. The van der Waals surface area contributed by atoms with Gasteiger partial charge in [0.05, 0.1) is 17.2 Å². The predicted molar refractivity (Wildman–Crippen MR) is 85.3 cm³/mol. The molecule has 0 saturated heterocycles. The summed E-state index contributed by atoms with van der Waals surface area (Å²) in [4.78, 5) is 8.98. The fourth-order valence-corrected chi connectivity index (χ4v) is 3.22. The largest absolute Gasteiger partial charge is 0.433 e. The van der Waals surface area contributed by atoms with Gasteiger partial charge < -0.3 is 4.57 Å². The highest BCUT2D eigenvalue weighted by molar-refractivity contribution is 7.99. The van der Waals surface area contributed by atoms with Gasteiger partial charge in [-0.2, -0.15) is 13.2 Å². The lowest BCUT2D eigenvalue weighted by molar-refractivity contribution is -0.141. The second-order valence-corrected chi connectivity index (χ2v) is 6.29. The van der Waals surface area contributed by atoms with Crippen LogP contribution in [0.25, 0.3) is 22.4 Å². The molecular weight excluding hydrogens is 323 g/mol. The van der Waals surface area contributed by atoms with Gasteiger partial charge in [0.15, 0.2) is 0 Å². The number of imidazole rings is 1. The zero-order valence-corrected chi connectivity index (χ0v) is 13.4. The summed E-state index contributed by atoms with van der Waals surface area (Å²) < 4.78 is 40.2. The van der Waals surface area contributed by atoms with Gasteiger partial charge in [-0.15, -0.1) is 11.8 Å². The number of aryl methyl sites for hydroxylation is 1. The SMILES string of the molecule is CCSc1ccccc1-c1nc2cc(C(F)(F)F)ncc2n1C. The van der Waals surface area contributed by atoms with Crippen molar-refractivity contribution in [1.82, 2.24) is 14.5 Å². The van der Waals surface area contributed by atoms with Crippen LogP contribution in [-0.4, -0.2) is 20.3 Å². The first-order valence-electron chi connectivity index (χ1n) is 7.03. The Morgan fingerprint density at radius 1 is 1.22 bits per heavy atom. The molecule has 0 saturated carbocycles. The van der Waals surface area contributed by atoms with E-state index >= 15 is 0 Å². The summed E-state index contributed by atoms with van der Waals surface area (Å²) in [6.07, 6.45) is -3.24. The van der Waals surface area contributed by atoms with Crippen LogP contribution in [0.3, 0.4) is 0 Å². The third-order valence-electron chi connectivity index (χ3n) is 3.49. The Bertz CT molecular complexity index is 855. The molecule has 3 nitrogen and oxygen atoms in total. The molecule has 0 aliphatic carbocycles. The summed E-state index contributed by atoms with van der Waals surface area (Å²) in [6.45, 7) is 2.05. The number of fused-ring (bicyclic) bond motifs is 1. The van der Waals surface area contributed by atoms with Crippen LogP contribution in [0.15, 0.2) is 41.4 Å². The lowest BCUT2D eigenvalue weighted by atomic mass is 10.2. The van der Waals surface area contributed by atoms with Crippen molar-refractivity contribution < 1.29 is 13.2 Å². The lowest BCUT2D eigenvalue weighted by Gasteiger charge is -2.08. The van der Waals surface area contributed by atoms with Crippen LogP contribution >= 0.6 is 11.8 Å². The third-order valence-corrected chi connectivity index (χ3v) is 4.44. The summed E-state index contributed by atoms with van der Waals surface area (Å²) in [5.74, 6) is 1.54. The molecule has 0 aliphatic rings. The highest BCUT2D eigenvalue weighted by Gasteiger charge is 2.33. The molecule has 3 rings (SSSR count). The van der Waals surface area contributed by atoms with Crippen molar-refractivity contribution in [1.29, 1.82) is 0 Å². The van der Waals surface area contributed by atoms with E-state index in [1.165, 1.54) is 6.20 Å². The number of halogens is 3. The fourth-order valence-electron chi connectivity index (χ4n) is 2.42. The lowest BCUT2D eigenvalue weighted by Crippen LogP contribution is -2.07. The van der Waals surface area contributed by atoms with E-state index in [-0.39, 0.29) is 0 Å². The maximum Gasteiger partial charge on any atom is 0.433 e. The number of aromatic nitrogens is 3. The van der Waals surface area contributed by atoms with E-state index in [4.69, 9.17) is 0 Å². The van der Waals surface area contributed by atoms with E-state index in [1.54, 1.807) is 23.4 Å². The Balaban J connectivity index is 2.18. The van der Waals surface area contributed by atoms with E-state index < -0.39 is 11.9 Å². The monoisotopic (exact) mass is 337 g/mol. The molecule has 0 fully saturated rings. The molecule has 7 heteroatoms. The number of hydrogen-bond acceptors (Lipinski definition) is 3. The van der Waals surface area contributed by atoms with Crippen LogP contribution in [0.1, 0.15) is 12.6 Å². The van der Waals surface area contributed by atoms with Crippen LogP contribution in [0.4, 0.5) is 13.2 Å². The average molecular weight is 337 g/mol. The van der Waals surface area contributed by atoms with E-state index in [2.05, 4.69) is 16.9 Å². The van der Waals surface area contributed by atoms with Gasteiger partial charge in [-0.25, -0.2) is 9.97 Å². The van der Waals surface area contributed by atoms with Crippen LogP contribution in [0, 0.1) is 0 Å². The summed E-state index contributed by atoms with van der Waals surface area (Å²) in [7, 11) is 1.78. The van der Waals surface area contributed by atoms with Crippen molar-refractivity contribution >= 4 is 22.8 Å². The minimum absolute atomic E-state index is 0.293. The van der Waals surface area contributed by atoms with E-state index in [9.17, 15) is 13.2 Å². The highest BCUT2D eigenvalue weighted by atomic mass is 32.2. The summed E-state index contributed by atoms with van der Waals surface area (Å²) in [6, 6.07) is 8.75. The van der Waals surface area contributed by atoms with Crippen LogP contribution in [0.5, 0.6) is 0 Å². The molecule has 0 spiro atoms. The zero-order chi connectivity index (χ0) is 16.6. The Kier molecular flexibility index (Phi) is 4.06. The first-order valence-corrected chi connectivity index (χ1v) is 8.02. The number of nitrogens with zero attached hydrogens (tertiary/aromatic N) is 3. The number of hydrogen-bond donors (Lipinski definition) is 0. The van der Waals surface area contributed by atoms with Gasteiger partial charge in [0.1, 0.15) is 11.5 Å². The Morgan fingerprint density at radius 2 is 1.96 bits per heavy atom. The smallest absolute Gasteiger partial charge is 0.326 e. The first-order chi connectivity index (χ1) is 10.9. The van der Waals surface area contributed by atoms with Gasteiger partial charge in [-0.3, -0.25) is 0 Å². The van der Waals surface area contributed by atoms with Crippen LogP contribution < -0.4 is 0 Å². The minimum Gasteiger partial charge on any atom is -0.326 e. The van der Waals surface area contributed by atoms with Gasteiger partial charge in [-0.1, -0.05) is 25.1 Å². The Labute approximate surface area is 135 Å². The number of thioether (sulfide) groups is 1. The van der Waals surface area contributed by atoms with Crippen LogP contribution in [-0.2, 0) is 13.2 Å². The van der Waals surface area contributed by atoms with Gasteiger partial charge in [0, 0.05) is 17.5 Å². The molecule has 0 N–H and O–H groups in total. The third kappa shape index (κ3) is 2.93. The number of pyridine rings is 1. The van der Waals surface area contributed by atoms with Crippen LogP contribution in [0.2, 0.25) is 0 Å². The van der Waals surface area contributed by atoms with Crippen molar-refractivity contribution in [3.8, 4) is 11.4 Å². The quantitative estimate of drug-likeness (QED) is 0.645. The number of alkyl halides is 3. The predicted octanol–water partition coefficient (Wildman–Crippen LogP) is 4.77. The normalized spacial score (nSPS) is 12.0. The summed E-state index contributed by atoms with van der Waals surface area (Å²) >= 11 is 1.67. The average Bonchev–Trinajstić information content (AvgIpc) is 2.84. The van der Waals surface area contributed by atoms with Crippen molar-refractivity contribution in [2.24, 2.45) is 7.05 Å². The van der Waals surface area contributed by atoms with E-state index in [0.717, 1.165) is 22.3 Å². The van der Waals surface area contributed by atoms with Gasteiger partial charge in [-0.05, 0) is 17.9 Å². The van der Waals surface area contributed by atoms with Gasteiger partial charge >= 0.3 is 6.18 Å². The molecule has 3 aromatic rings. The minimum atomic E-state index is -4.47. The van der Waals surface area contributed by atoms with Crippen molar-refractivity contribution in [3.05, 3.63) is 42.2 Å². The molecule has 23 heavy (non-hydrogen) atoms. The van der Waals surface area contributed by atoms with Crippen molar-refractivity contribution in [2.45, 2.75) is 18.0 Å². The summed E-state index contributed by atoms with van der Waals surface area (Å²) in [5.41, 5.74) is 0.850. The Morgan fingerprint density at radius 3 is 2.65 bits per heavy atom. The second kappa shape index (κ2) is 5.88. The van der Waals surface area contributed by atoms with E-state index in [1.807, 2.05) is 24.3 Å². The fraction of sp³-hybridized carbons (Fsp3) is 0.250. The molecule has 0 amide bonds. The molecule has 120 valence electrons. The number of rotatable bonds is 3. The molecule has 0 radical (unpaired) electrons. The molecule has 0 unspecified atom stereocenters. The van der Waals surface area contributed by atoms with Crippen molar-refractivity contribution in [2.75, 3.05) is 5.75 Å². The molecule has 1 aromatic carbocycles. The molecular formula is C16H14F3N3S. The number of benzene rings is 1. The van der Waals surface area contributed by atoms with Crippen molar-refractivity contribution in [3.63, 3.8) is 0 Å². The first kappa shape index (κ1) is 15.9. The molecule has 0 atom stereocenters. The maximum absolute atomic E-state index is 12.8. The maximum atomic E-state index is 12.8. The zero-order valence-electron chi connectivity index (χ0n) is 12.6. The highest BCUT2D eigenvalue weighted by Crippen LogP contribution is 2.34. The molecule has 2 heterocycles. The van der Waals surface area contributed by atoms with E-state index in [0.29, 0.717) is 16.9 Å². The topological polar surface area (TPSA) is 30.7 Å². The molecule has 0 bridgehead atoms. The Hall–Kier alpha value is -2.02. The standard InChI is InChI=1S/C16H14F3N3S/c1-3-23-13-7-5-4-6-10(13)15-21-11-8-14(16(17,18)19)20-9-12(11)22(15)2/h4-9H,3H2,1-2H3. The van der Waals surface area contributed by atoms with Gasteiger partial charge in [0.25, 0.3) is 0 Å². The summed E-state index contributed by atoms with van der Waals surface area (Å²) in [5, 5.41) is 0. The second-order valence-electron chi connectivity index (χ2n) is 4.98. The van der Waals surface area contributed by atoms with Gasteiger partial charge in [0.2, 0.25) is 0 Å².